The number of rotatable bonds is 4. The highest BCUT2D eigenvalue weighted by molar-refractivity contribution is 7.20. The number of benzene rings is 1. The van der Waals surface area contributed by atoms with E-state index in [0.29, 0.717) is 41.6 Å². The maximum Gasteiger partial charge on any atom is 0.264 e. The van der Waals surface area contributed by atoms with Crippen LogP contribution in [0, 0.1) is 18.7 Å². The number of halogens is 2. The number of carbonyl (C=O) groups is 2. The van der Waals surface area contributed by atoms with Crippen LogP contribution in [0.25, 0.3) is 15.9 Å². The normalized spacial score (nSPS) is 14.5. The standard InChI is InChI=1S/C24H21ClFN5O2S/c1-14-19-12-20(34-24(19)31(29-14)18-5-3-17(26)4-6-18)23(33)30-10-8-15(9-11-30)22(32)28-21-7-2-16(25)13-27-21/h2-7,12-13,15H,8-11H2,1H3,(H,27,28,32). The van der Waals surface area contributed by atoms with Gasteiger partial charge in [0.2, 0.25) is 5.91 Å². The number of hydrogen-bond acceptors (Lipinski definition) is 5. The van der Waals surface area contributed by atoms with Gasteiger partial charge in [-0.2, -0.15) is 5.10 Å². The molecule has 7 nitrogen and oxygen atoms in total. The lowest BCUT2D eigenvalue weighted by molar-refractivity contribution is -0.121. The van der Waals surface area contributed by atoms with E-state index in [4.69, 9.17) is 11.6 Å². The molecular weight excluding hydrogens is 477 g/mol. The Labute approximate surface area is 204 Å². The third kappa shape index (κ3) is 4.41. The molecule has 0 spiro atoms. The Morgan fingerprint density at radius 2 is 1.88 bits per heavy atom. The zero-order valence-electron chi connectivity index (χ0n) is 18.3. The summed E-state index contributed by atoms with van der Waals surface area (Å²) in [4.78, 5) is 33.2. The first kappa shape index (κ1) is 22.5. The van der Waals surface area contributed by atoms with E-state index in [9.17, 15) is 14.0 Å². The molecule has 0 atom stereocenters. The molecule has 1 N–H and O–H groups in total. The van der Waals surface area contributed by atoms with E-state index in [1.807, 2.05) is 13.0 Å². The van der Waals surface area contributed by atoms with Crippen molar-refractivity contribution in [1.29, 1.82) is 0 Å². The van der Waals surface area contributed by atoms with Gasteiger partial charge in [0.05, 0.1) is 21.3 Å². The predicted octanol–water partition coefficient (Wildman–Crippen LogP) is 5.07. The molecule has 174 valence electrons. The van der Waals surface area contributed by atoms with E-state index in [-0.39, 0.29) is 23.5 Å². The first-order valence-electron chi connectivity index (χ1n) is 10.9. The van der Waals surface area contributed by atoms with Crippen molar-refractivity contribution in [2.24, 2.45) is 5.92 Å². The molecule has 0 radical (unpaired) electrons. The summed E-state index contributed by atoms with van der Waals surface area (Å²) >= 11 is 7.21. The third-order valence-corrected chi connectivity index (χ3v) is 7.28. The number of nitrogens with one attached hydrogen (secondary N) is 1. The lowest BCUT2D eigenvalue weighted by atomic mass is 9.96. The van der Waals surface area contributed by atoms with E-state index in [2.05, 4.69) is 15.4 Å². The summed E-state index contributed by atoms with van der Waals surface area (Å²) in [6.45, 7) is 2.90. The number of fused-ring (bicyclic) bond motifs is 1. The number of aryl methyl sites for hydroxylation is 1. The Balaban J connectivity index is 1.27. The monoisotopic (exact) mass is 497 g/mol. The predicted molar refractivity (Wildman–Crippen MR) is 130 cm³/mol. The molecule has 1 aliphatic rings. The fourth-order valence-electron chi connectivity index (χ4n) is 4.09. The van der Waals surface area contributed by atoms with Crippen molar-refractivity contribution in [3.8, 4) is 5.69 Å². The molecule has 5 rings (SSSR count). The highest BCUT2D eigenvalue weighted by Crippen LogP contribution is 2.32. The number of pyridine rings is 1. The van der Waals surface area contributed by atoms with Crippen molar-refractivity contribution in [2.75, 3.05) is 18.4 Å². The Hall–Kier alpha value is -3.30. The lowest BCUT2D eigenvalue weighted by Crippen LogP contribution is -2.41. The molecule has 10 heteroatoms. The summed E-state index contributed by atoms with van der Waals surface area (Å²) in [5.41, 5.74) is 1.54. The van der Waals surface area contributed by atoms with Gasteiger partial charge in [-0.05, 0) is 62.2 Å². The molecule has 1 saturated heterocycles. The fourth-order valence-corrected chi connectivity index (χ4v) is 5.35. The summed E-state index contributed by atoms with van der Waals surface area (Å²) in [5.74, 6) is -0.183. The van der Waals surface area contributed by atoms with Gasteiger partial charge >= 0.3 is 0 Å². The lowest BCUT2D eigenvalue weighted by Gasteiger charge is -2.31. The summed E-state index contributed by atoms with van der Waals surface area (Å²) in [6.07, 6.45) is 2.65. The van der Waals surface area contributed by atoms with Crippen LogP contribution in [0.15, 0.2) is 48.7 Å². The van der Waals surface area contributed by atoms with E-state index in [1.165, 1.54) is 29.7 Å². The number of hydrogen-bond donors (Lipinski definition) is 1. The van der Waals surface area contributed by atoms with E-state index in [0.717, 1.165) is 21.6 Å². The number of aromatic nitrogens is 3. The van der Waals surface area contributed by atoms with Gasteiger partial charge in [-0.15, -0.1) is 11.3 Å². The number of anilines is 1. The van der Waals surface area contributed by atoms with Crippen molar-refractivity contribution < 1.29 is 14.0 Å². The van der Waals surface area contributed by atoms with Crippen LogP contribution in [0.2, 0.25) is 5.02 Å². The third-order valence-electron chi connectivity index (χ3n) is 5.96. The number of carbonyl (C=O) groups excluding carboxylic acids is 2. The van der Waals surface area contributed by atoms with Gasteiger partial charge in [0.15, 0.2) is 0 Å². The number of piperidine rings is 1. The average Bonchev–Trinajstić information content (AvgIpc) is 3.41. The summed E-state index contributed by atoms with van der Waals surface area (Å²) < 4.78 is 15.1. The van der Waals surface area contributed by atoms with Crippen LogP contribution in [0.4, 0.5) is 10.2 Å². The Morgan fingerprint density at radius 1 is 1.15 bits per heavy atom. The van der Waals surface area contributed by atoms with Crippen LogP contribution in [-0.4, -0.2) is 44.6 Å². The van der Waals surface area contributed by atoms with Gasteiger partial charge in [0, 0.05) is 30.6 Å². The Kier molecular flexibility index (Phi) is 6.05. The van der Waals surface area contributed by atoms with Crippen molar-refractivity contribution in [3.05, 3.63) is 70.1 Å². The van der Waals surface area contributed by atoms with Crippen LogP contribution in [-0.2, 0) is 4.79 Å². The number of amides is 2. The minimum Gasteiger partial charge on any atom is -0.338 e. The first-order valence-corrected chi connectivity index (χ1v) is 12.1. The quantitative estimate of drug-likeness (QED) is 0.426. The highest BCUT2D eigenvalue weighted by atomic mass is 35.5. The maximum atomic E-state index is 13.3. The van der Waals surface area contributed by atoms with Crippen LogP contribution in [0.3, 0.4) is 0 Å². The van der Waals surface area contributed by atoms with Gasteiger partial charge in [0.1, 0.15) is 16.5 Å². The van der Waals surface area contributed by atoms with Crippen molar-refractivity contribution in [1.82, 2.24) is 19.7 Å². The van der Waals surface area contributed by atoms with Crippen molar-refractivity contribution >= 4 is 50.8 Å². The molecule has 0 unspecified atom stereocenters. The fraction of sp³-hybridized carbons (Fsp3) is 0.250. The summed E-state index contributed by atoms with van der Waals surface area (Å²) in [5, 5.41) is 8.78. The van der Waals surface area contributed by atoms with Crippen LogP contribution >= 0.6 is 22.9 Å². The zero-order chi connectivity index (χ0) is 23.8. The number of likely N-dealkylation sites (tertiary alicyclic amines) is 1. The van der Waals surface area contributed by atoms with E-state index in [1.54, 1.807) is 33.8 Å². The number of nitrogens with zero attached hydrogens (tertiary/aromatic N) is 4. The second-order valence-corrected chi connectivity index (χ2v) is 9.69. The SMILES string of the molecule is Cc1nn(-c2ccc(F)cc2)c2sc(C(=O)N3CCC(C(=O)Nc4ccc(Cl)cn4)CC3)cc12. The van der Waals surface area contributed by atoms with Gasteiger partial charge in [-0.3, -0.25) is 9.59 Å². The Morgan fingerprint density at radius 3 is 2.56 bits per heavy atom. The molecule has 0 bridgehead atoms. The second kappa shape index (κ2) is 9.15. The maximum absolute atomic E-state index is 13.3. The molecule has 3 aromatic heterocycles. The van der Waals surface area contributed by atoms with Crippen LogP contribution < -0.4 is 5.32 Å². The largest absolute Gasteiger partial charge is 0.338 e. The van der Waals surface area contributed by atoms with Crippen molar-refractivity contribution in [3.63, 3.8) is 0 Å². The van der Waals surface area contributed by atoms with Crippen molar-refractivity contribution in [2.45, 2.75) is 19.8 Å². The smallest absolute Gasteiger partial charge is 0.264 e. The topological polar surface area (TPSA) is 80.1 Å². The molecule has 1 fully saturated rings. The Bertz CT molecular complexity index is 1360. The molecule has 0 saturated carbocycles. The first-order chi connectivity index (χ1) is 16.4. The van der Waals surface area contributed by atoms with Gasteiger partial charge in [-0.25, -0.2) is 14.1 Å². The molecule has 0 aliphatic carbocycles. The molecule has 1 aliphatic heterocycles. The molecular formula is C24H21ClFN5O2S. The van der Waals surface area contributed by atoms with Crippen LogP contribution in [0.5, 0.6) is 0 Å². The summed E-state index contributed by atoms with van der Waals surface area (Å²) in [6, 6.07) is 11.3. The minimum absolute atomic E-state index is 0.0514. The summed E-state index contributed by atoms with van der Waals surface area (Å²) in [7, 11) is 0. The molecule has 4 aromatic rings. The zero-order valence-corrected chi connectivity index (χ0v) is 19.9. The van der Waals surface area contributed by atoms with Crippen LogP contribution in [0.1, 0.15) is 28.2 Å². The second-order valence-electron chi connectivity index (χ2n) is 8.22. The highest BCUT2D eigenvalue weighted by Gasteiger charge is 2.29. The molecule has 4 heterocycles. The number of thiophene rings is 1. The van der Waals surface area contributed by atoms with Gasteiger partial charge in [-0.1, -0.05) is 11.6 Å². The van der Waals surface area contributed by atoms with E-state index >= 15 is 0 Å². The molecule has 34 heavy (non-hydrogen) atoms. The minimum atomic E-state index is -0.313. The molecule has 2 amide bonds. The van der Waals surface area contributed by atoms with E-state index < -0.39 is 0 Å². The molecule has 1 aromatic carbocycles. The van der Waals surface area contributed by atoms with Gasteiger partial charge in [0.25, 0.3) is 5.91 Å². The average molecular weight is 498 g/mol. The van der Waals surface area contributed by atoms with Gasteiger partial charge < -0.3 is 10.2 Å².